The fourth-order valence-electron chi connectivity index (χ4n) is 3.31. The predicted molar refractivity (Wildman–Crippen MR) is 81.9 cm³/mol. The number of benzene rings is 1. The summed E-state index contributed by atoms with van der Waals surface area (Å²) in [6, 6.07) is 5.51. The number of aliphatic hydroxyl groups excluding tert-OH is 1. The van der Waals surface area contributed by atoms with Crippen molar-refractivity contribution in [3.05, 3.63) is 33.8 Å². The average molecular weight is 301 g/mol. The van der Waals surface area contributed by atoms with Gasteiger partial charge in [0.1, 0.15) is 0 Å². The maximum Gasteiger partial charge on any atom is 0.0614 e. The van der Waals surface area contributed by atoms with Gasteiger partial charge in [-0.15, -0.1) is 0 Å². The molecule has 0 radical (unpaired) electrons. The normalized spacial score (nSPS) is 24.2. The maximum absolute atomic E-state index is 10.6. The van der Waals surface area contributed by atoms with E-state index < -0.39 is 0 Å². The van der Waals surface area contributed by atoms with Crippen molar-refractivity contribution in [3.63, 3.8) is 0 Å². The van der Waals surface area contributed by atoms with Crippen LogP contribution in [0.25, 0.3) is 0 Å². The van der Waals surface area contributed by atoms with Crippen LogP contribution in [-0.4, -0.2) is 11.2 Å². The summed E-state index contributed by atoms with van der Waals surface area (Å²) in [5, 5.41) is 11.9. The van der Waals surface area contributed by atoms with Gasteiger partial charge < -0.3 is 5.11 Å². The van der Waals surface area contributed by atoms with Crippen molar-refractivity contribution >= 4 is 23.2 Å². The van der Waals surface area contributed by atoms with Crippen molar-refractivity contribution in [2.45, 2.75) is 52.1 Å². The van der Waals surface area contributed by atoms with Gasteiger partial charge in [0, 0.05) is 16.5 Å². The lowest BCUT2D eigenvalue weighted by molar-refractivity contribution is 0.00582. The summed E-state index contributed by atoms with van der Waals surface area (Å²) in [5.41, 5.74) is 1.07. The van der Waals surface area contributed by atoms with E-state index in [0.717, 1.165) is 12.0 Å². The molecular weight excluding hydrogens is 279 g/mol. The summed E-state index contributed by atoms with van der Waals surface area (Å²) in [6.45, 7) is 4.52. The number of aliphatic hydroxyl groups is 1. The van der Waals surface area contributed by atoms with E-state index >= 15 is 0 Å². The molecule has 0 aliphatic heterocycles. The van der Waals surface area contributed by atoms with Crippen molar-refractivity contribution in [3.8, 4) is 0 Å². The molecule has 19 heavy (non-hydrogen) atoms. The van der Waals surface area contributed by atoms with Gasteiger partial charge in [-0.05, 0) is 41.9 Å². The number of rotatable bonds is 3. The van der Waals surface area contributed by atoms with Crippen LogP contribution in [0.4, 0.5) is 0 Å². The van der Waals surface area contributed by atoms with Gasteiger partial charge in [-0.3, -0.25) is 0 Å². The van der Waals surface area contributed by atoms with Crippen LogP contribution in [0.1, 0.15) is 45.1 Å². The van der Waals surface area contributed by atoms with Crippen molar-refractivity contribution in [2.24, 2.45) is 11.3 Å². The molecular formula is C16H22Cl2O. The SMILES string of the molecule is CC1(C)CCCCC1C(O)Cc1c(Cl)cccc1Cl. The van der Waals surface area contributed by atoms with Gasteiger partial charge in [0.2, 0.25) is 0 Å². The van der Waals surface area contributed by atoms with Crippen molar-refractivity contribution in [1.29, 1.82) is 0 Å². The van der Waals surface area contributed by atoms with Gasteiger partial charge >= 0.3 is 0 Å². The molecule has 1 N–H and O–H groups in total. The molecule has 0 spiro atoms. The van der Waals surface area contributed by atoms with Crippen LogP contribution < -0.4 is 0 Å². The summed E-state index contributed by atoms with van der Waals surface area (Å²) in [6.07, 6.45) is 4.94. The molecule has 1 fully saturated rings. The third kappa shape index (κ3) is 3.45. The number of halogens is 2. The molecule has 2 rings (SSSR count). The Morgan fingerprint density at radius 3 is 2.47 bits per heavy atom. The Hall–Kier alpha value is -0.240. The summed E-state index contributed by atoms with van der Waals surface area (Å²) in [5.74, 6) is 0.327. The molecule has 3 heteroatoms. The van der Waals surface area contributed by atoms with Crippen LogP contribution in [0.3, 0.4) is 0 Å². The molecule has 1 nitrogen and oxygen atoms in total. The largest absolute Gasteiger partial charge is 0.392 e. The molecule has 1 aliphatic rings. The van der Waals surface area contributed by atoms with Gasteiger partial charge in [0.15, 0.2) is 0 Å². The Bertz CT molecular complexity index is 422. The Kier molecular flexibility index (Phi) is 4.81. The standard InChI is InChI=1S/C16H22Cl2O/c1-16(2)9-4-3-6-12(16)15(19)10-11-13(17)7-5-8-14(11)18/h5,7-8,12,15,19H,3-4,6,9-10H2,1-2H3. The van der Waals surface area contributed by atoms with Crippen LogP contribution in [0.15, 0.2) is 18.2 Å². The molecule has 1 aliphatic carbocycles. The summed E-state index contributed by atoms with van der Waals surface area (Å²) < 4.78 is 0. The van der Waals surface area contributed by atoms with E-state index in [1.165, 1.54) is 19.3 Å². The Morgan fingerprint density at radius 1 is 1.26 bits per heavy atom. The molecule has 2 unspecified atom stereocenters. The van der Waals surface area contributed by atoms with Crippen molar-refractivity contribution in [2.75, 3.05) is 0 Å². The zero-order valence-electron chi connectivity index (χ0n) is 11.6. The van der Waals surface area contributed by atoms with Gasteiger partial charge in [0.05, 0.1) is 6.10 Å². The molecule has 1 aromatic carbocycles. The fourth-order valence-corrected chi connectivity index (χ4v) is 3.86. The molecule has 106 valence electrons. The van der Waals surface area contributed by atoms with E-state index in [1.54, 1.807) is 0 Å². The zero-order chi connectivity index (χ0) is 14.0. The third-order valence-corrected chi connectivity index (χ3v) is 5.24. The van der Waals surface area contributed by atoms with Crippen LogP contribution in [-0.2, 0) is 6.42 Å². The maximum atomic E-state index is 10.6. The second-order valence-electron chi connectivity index (χ2n) is 6.31. The quantitative estimate of drug-likeness (QED) is 0.822. The molecule has 2 atom stereocenters. The van der Waals surface area contributed by atoms with Gasteiger partial charge in [-0.2, -0.15) is 0 Å². The molecule has 0 aromatic heterocycles. The molecule has 1 saturated carbocycles. The third-order valence-electron chi connectivity index (χ3n) is 4.53. The van der Waals surface area contributed by atoms with E-state index in [-0.39, 0.29) is 11.5 Å². The minimum Gasteiger partial charge on any atom is -0.392 e. The monoisotopic (exact) mass is 300 g/mol. The first-order valence-electron chi connectivity index (χ1n) is 7.03. The first-order chi connectivity index (χ1) is 8.92. The summed E-state index contributed by atoms with van der Waals surface area (Å²) >= 11 is 12.4. The molecule has 0 heterocycles. The average Bonchev–Trinajstić information content (AvgIpc) is 2.33. The van der Waals surface area contributed by atoms with Gasteiger partial charge in [0.25, 0.3) is 0 Å². The Balaban J connectivity index is 2.14. The minimum absolute atomic E-state index is 0.200. The first-order valence-corrected chi connectivity index (χ1v) is 7.78. The van der Waals surface area contributed by atoms with Gasteiger partial charge in [-0.1, -0.05) is 56.0 Å². The lowest BCUT2D eigenvalue weighted by Crippen LogP contribution is -2.38. The Labute approximate surface area is 125 Å². The van der Waals surface area contributed by atoms with Crippen molar-refractivity contribution < 1.29 is 5.11 Å². The highest BCUT2D eigenvalue weighted by Crippen LogP contribution is 2.43. The first kappa shape index (κ1) is 15.2. The van der Waals surface area contributed by atoms with Crippen LogP contribution in [0.2, 0.25) is 10.0 Å². The van der Waals surface area contributed by atoms with Crippen LogP contribution >= 0.6 is 23.2 Å². The second kappa shape index (κ2) is 6.03. The van der Waals surface area contributed by atoms with Gasteiger partial charge in [-0.25, -0.2) is 0 Å². The van der Waals surface area contributed by atoms with Crippen molar-refractivity contribution in [1.82, 2.24) is 0 Å². The lowest BCUT2D eigenvalue weighted by Gasteiger charge is -2.41. The number of hydrogen-bond donors (Lipinski definition) is 1. The molecule has 0 amide bonds. The highest BCUT2D eigenvalue weighted by atomic mass is 35.5. The van der Waals surface area contributed by atoms with E-state index in [0.29, 0.717) is 22.4 Å². The van der Waals surface area contributed by atoms with E-state index in [9.17, 15) is 5.11 Å². The minimum atomic E-state index is -0.368. The predicted octanol–water partition coefficient (Wildman–Crippen LogP) is 5.11. The molecule has 0 bridgehead atoms. The van der Waals surface area contributed by atoms with Crippen LogP contribution in [0, 0.1) is 11.3 Å². The summed E-state index contributed by atoms with van der Waals surface area (Å²) in [7, 11) is 0. The van der Waals surface area contributed by atoms with E-state index in [1.807, 2.05) is 18.2 Å². The summed E-state index contributed by atoms with van der Waals surface area (Å²) in [4.78, 5) is 0. The highest BCUT2D eigenvalue weighted by Gasteiger charge is 2.37. The topological polar surface area (TPSA) is 20.2 Å². The smallest absolute Gasteiger partial charge is 0.0614 e. The van der Waals surface area contributed by atoms with Crippen LogP contribution in [0.5, 0.6) is 0 Å². The van der Waals surface area contributed by atoms with E-state index in [4.69, 9.17) is 23.2 Å². The fraction of sp³-hybridized carbons (Fsp3) is 0.625. The lowest BCUT2D eigenvalue weighted by atomic mass is 9.66. The Morgan fingerprint density at radius 2 is 1.89 bits per heavy atom. The number of hydrogen-bond acceptors (Lipinski definition) is 1. The van der Waals surface area contributed by atoms with E-state index in [2.05, 4.69) is 13.8 Å². The molecule has 1 aromatic rings. The zero-order valence-corrected chi connectivity index (χ0v) is 13.1. The molecule has 0 saturated heterocycles. The second-order valence-corrected chi connectivity index (χ2v) is 7.13. The highest BCUT2D eigenvalue weighted by molar-refractivity contribution is 6.35.